The molecule has 0 aromatic carbocycles. The molecule has 3 rings (SSSR count). The number of aryl methyl sites for hydroxylation is 1. The molecule has 2 fully saturated rings. The van der Waals surface area contributed by atoms with Crippen LogP contribution in [0.3, 0.4) is 0 Å². The highest BCUT2D eigenvalue weighted by atomic mass is 16.6. The summed E-state index contributed by atoms with van der Waals surface area (Å²) >= 11 is 0. The standard InChI is InChI=1S/C19H29N3O4/c1-4-15-14(11-21(5-2)6-3)10-16(25-15)17(23)22-9-7-8-19(13-22)12-20-18(24)26-19/h10H,4-9,11-13H2,1-3H3,(H,20,24)/t19-/m0/s1. The number of nitrogens with zero attached hydrogens (tertiary/aromatic N) is 2. The van der Waals surface area contributed by atoms with E-state index in [0.29, 0.717) is 25.4 Å². The van der Waals surface area contributed by atoms with Gasteiger partial charge >= 0.3 is 6.09 Å². The maximum Gasteiger partial charge on any atom is 0.407 e. The molecule has 3 heterocycles. The van der Waals surface area contributed by atoms with Gasteiger partial charge in [0.25, 0.3) is 5.91 Å². The minimum Gasteiger partial charge on any atom is -0.456 e. The normalized spacial score (nSPS) is 22.8. The van der Waals surface area contributed by atoms with Gasteiger partial charge in [-0.15, -0.1) is 0 Å². The van der Waals surface area contributed by atoms with Crippen LogP contribution in [0, 0.1) is 0 Å². The fourth-order valence-corrected chi connectivity index (χ4v) is 3.85. The summed E-state index contributed by atoms with van der Waals surface area (Å²) in [6, 6.07) is 1.89. The van der Waals surface area contributed by atoms with E-state index in [1.54, 1.807) is 4.90 Å². The van der Waals surface area contributed by atoms with Gasteiger partial charge < -0.3 is 19.4 Å². The van der Waals surface area contributed by atoms with Gasteiger partial charge in [-0.25, -0.2) is 4.79 Å². The summed E-state index contributed by atoms with van der Waals surface area (Å²) in [7, 11) is 0. The number of nitrogens with one attached hydrogen (secondary N) is 1. The third-order valence-corrected chi connectivity index (χ3v) is 5.41. The van der Waals surface area contributed by atoms with Gasteiger partial charge in [0.05, 0.1) is 13.1 Å². The van der Waals surface area contributed by atoms with Crippen molar-refractivity contribution in [1.29, 1.82) is 0 Å². The molecule has 1 N–H and O–H groups in total. The zero-order valence-electron chi connectivity index (χ0n) is 16.0. The van der Waals surface area contributed by atoms with E-state index in [1.807, 2.05) is 13.0 Å². The van der Waals surface area contributed by atoms with Crippen LogP contribution in [0.1, 0.15) is 55.5 Å². The van der Waals surface area contributed by atoms with Crippen molar-refractivity contribution in [3.8, 4) is 0 Å². The van der Waals surface area contributed by atoms with Crippen LogP contribution in [-0.2, 0) is 17.7 Å². The largest absolute Gasteiger partial charge is 0.456 e. The summed E-state index contributed by atoms with van der Waals surface area (Å²) in [6.07, 6.45) is 1.96. The number of carbonyl (C=O) groups is 2. The fraction of sp³-hybridized carbons (Fsp3) is 0.684. The lowest BCUT2D eigenvalue weighted by Crippen LogP contribution is -2.52. The molecule has 2 saturated heterocycles. The Kier molecular flexibility index (Phi) is 5.55. The minimum atomic E-state index is -0.588. The summed E-state index contributed by atoms with van der Waals surface area (Å²) in [5.41, 5.74) is 0.495. The van der Waals surface area contributed by atoms with Crippen LogP contribution >= 0.6 is 0 Å². The molecule has 144 valence electrons. The number of ether oxygens (including phenoxy) is 1. The number of hydrogen-bond donors (Lipinski definition) is 1. The van der Waals surface area contributed by atoms with Crippen molar-refractivity contribution in [3.05, 3.63) is 23.2 Å². The Morgan fingerprint density at radius 3 is 2.73 bits per heavy atom. The Balaban J connectivity index is 1.75. The molecule has 1 aromatic heterocycles. The Morgan fingerprint density at radius 2 is 2.12 bits per heavy atom. The highest BCUT2D eigenvalue weighted by molar-refractivity contribution is 5.92. The Bertz CT molecular complexity index is 668. The number of furan rings is 1. The second kappa shape index (κ2) is 7.70. The van der Waals surface area contributed by atoms with E-state index in [4.69, 9.17) is 9.15 Å². The fourth-order valence-electron chi connectivity index (χ4n) is 3.85. The van der Waals surface area contributed by atoms with E-state index < -0.39 is 11.7 Å². The molecule has 2 aliphatic heterocycles. The van der Waals surface area contributed by atoms with Gasteiger partial charge in [0, 0.05) is 25.1 Å². The van der Waals surface area contributed by atoms with Gasteiger partial charge in [0.1, 0.15) is 11.4 Å². The molecule has 1 aromatic rings. The Hall–Kier alpha value is -2.02. The minimum absolute atomic E-state index is 0.118. The van der Waals surface area contributed by atoms with Crippen LogP contribution < -0.4 is 5.32 Å². The first-order valence-electron chi connectivity index (χ1n) is 9.60. The van der Waals surface area contributed by atoms with E-state index >= 15 is 0 Å². The molecule has 2 aliphatic rings. The summed E-state index contributed by atoms with van der Waals surface area (Å²) < 4.78 is 11.4. The number of piperidine rings is 1. The quantitative estimate of drug-likeness (QED) is 0.840. The van der Waals surface area contributed by atoms with Crippen LogP contribution in [0.5, 0.6) is 0 Å². The van der Waals surface area contributed by atoms with Gasteiger partial charge in [0.15, 0.2) is 5.76 Å². The predicted octanol–water partition coefficient (Wildman–Crippen LogP) is 2.40. The lowest BCUT2D eigenvalue weighted by Gasteiger charge is -2.37. The zero-order valence-corrected chi connectivity index (χ0v) is 16.0. The van der Waals surface area contributed by atoms with E-state index in [2.05, 4.69) is 24.1 Å². The summed E-state index contributed by atoms with van der Waals surface area (Å²) in [6.45, 7) is 10.5. The third kappa shape index (κ3) is 3.72. The topological polar surface area (TPSA) is 75.0 Å². The molecule has 0 aliphatic carbocycles. The lowest BCUT2D eigenvalue weighted by molar-refractivity contribution is -0.00607. The third-order valence-electron chi connectivity index (χ3n) is 5.41. The Labute approximate surface area is 154 Å². The van der Waals surface area contributed by atoms with Crippen molar-refractivity contribution < 1.29 is 18.7 Å². The molecule has 0 bridgehead atoms. The molecule has 0 unspecified atom stereocenters. The van der Waals surface area contributed by atoms with E-state index in [9.17, 15) is 9.59 Å². The second-order valence-electron chi connectivity index (χ2n) is 7.13. The molecular formula is C19H29N3O4. The van der Waals surface area contributed by atoms with E-state index in [-0.39, 0.29) is 5.91 Å². The van der Waals surface area contributed by atoms with Crippen LogP contribution in [0.4, 0.5) is 4.79 Å². The molecular weight excluding hydrogens is 334 g/mol. The molecule has 26 heavy (non-hydrogen) atoms. The highest BCUT2D eigenvalue weighted by Crippen LogP contribution is 2.29. The monoisotopic (exact) mass is 363 g/mol. The summed E-state index contributed by atoms with van der Waals surface area (Å²) in [4.78, 5) is 28.5. The first kappa shape index (κ1) is 18.8. The average molecular weight is 363 g/mol. The smallest absolute Gasteiger partial charge is 0.407 e. The first-order chi connectivity index (χ1) is 12.5. The van der Waals surface area contributed by atoms with Gasteiger partial charge in [0.2, 0.25) is 0 Å². The molecule has 7 nitrogen and oxygen atoms in total. The number of carbonyl (C=O) groups excluding carboxylic acids is 2. The van der Waals surface area contributed by atoms with Crippen molar-refractivity contribution in [2.24, 2.45) is 0 Å². The van der Waals surface area contributed by atoms with Crippen molar-refractivity contribution >= 4 is 12.0 Å². The molecule has 1 spiro atoms. The van der Waals surface area contributed by atoms with Gasteiger partial charge in [-0.1, -0.05) is 20.8 Å². The summed E-state index contributed by atoms with van der Waals surface area (Å²) in [5.74, 6) is 1.15. The van der Waals surface area contributed by atoms with Crippen molar-refractivity contribution in [3.63, 3.8) is 0 Å². The van der Waals surface area contributed by atoms with Crippen molar-refractivity contribution in [1.82, 2.24) is 15.1 Å². The number of alkyl carbamates (subject to hydrolysis) is 1. The van der Waals surface area contributed by atoms with Crippen molar-refractivity contribution in [2.45, 2.75) is 52.2 Å². The predicted molar refractivity (Wildman–Crippen MR) is 97.1 cm³/mol. The molecule has 0 radical (unpaired) electrons. The first-order valence-corrected chi connectivity index (χ1v) is 9.60. The maximum absolute atomic E-state index is 13.0. The number of amides is 2. The van der Waals surface area contributed by atoms with Gasteiger partial charge in [-0.05, 0) is 32.0 Å². The van der Waals surface area contributed by atoms with Crippen LogP contribution in [0.15, 0.2) is 10.5 Å². The van der Waals surface area contributed by atoms with Crippen LogP contribution in [-0.4, -0.2) is 60.1 Å². The molecule has 2 amide bonds. The number of likely N-dealkylation sites (tertiary alicyclic amines) is 1. The van der Waals surface area contributed by atoms with E-state index in [0.717, 1.165) is 50.2 Å². The van der Waals surface area contributed by atoms with Gasteiger partial charge in [-0.2, -0.15) is 0 Å². The SMILES string of the molecule is CCc1oc(C(=O)N2CCC[C@]3(CNC(=O)O3)C2)cc1CN(CC)CC. The van der Waals surface area contributed by atoms with Gasteiger partial charge in [-0.3, -0.25) is 9.69 Å². The molecule has 1 atom stereocenters. The van der Waals surface area contributed by atoms with E-state index in [1.165, 1.54) is 0 Å². The number of hydrogen-bond acceptors (Lipinski definition) is 5. The van der Waals surface area contributed by atoms with Crippen LogP contribution in [0.2, 0.25) is 0 Å². The average Bonchev–Trinajstić information content (AvgIpc) is 3.22. The zero-order chi connectivity index (χ0) is 18.7. The maximum atomic E-state index is 13.0. The molecule has 7 heteroatoms. The molecule has 0 saturated carbocycles. The highest BCUT2D eigenvalue weighted by Gasteiger charge is 2.45. The van der Waals surface area contributed by atoms with Crippen molar-refractivity contribution in [2.75, 3.05) is 32.7 Å². The Morgan fingerprint density at radius 1 is 1.35 bits per heavy atom. The lowest BCUT2D eigenvalue weighted by atomic mass is 9.93. The summed E-state index contributed by atoms with van der Waals surface area (Å²) in [5, 5.41) is 2.71. The van der Waals surface area contributed by atoms with Crippen LogP contribution in [0.25, 0.3) is 0 Å². The number of rotatable bonds is 6. The second-order valence-corrected chi connectivity index (χ2v) is 7.13.